The molecule has 3 aromatic rings. The molecule has 9 heteroatoms. The van der Waals surface area contributed by atoms with Gasteiger partial charge in [-0.2, -0.15) is 0 Å². The summed E-state index contributed by atoms with van der Waals surface area (Å²) < 4.78 is 19.1. The number of hydrogen-bond donors (Lipinski definition) is 2. The van der Waals surface area contributed by atoms with Crippen molar-refractivity contribution in [2.45, 2.75) is 44.9 Å². The molecule has 0 amide bonds. The van der Waals surface area contributed by atoms with E-state index in [1.54, 1.807) is 35.6 Å². The Balaban J connectivity index is 0.000000468. The topological polar surface area (TPSA) is 94.3 Å². The van der Waals surface area contributed by atoms with Gasteiger partial charge in [-0.3, -0.25) is 23.3 Å². The van der Waals surface area contributed by atoms with Gasteiger partial charge in [0.2, 0.25) is 0 Å². The van der Waals surface area contributed by atoms with E-state index in [1.807, 2.05) is 0 Å². The predicted molar refractivity (Wildman–Crippen MR) is 110 cm³/mol. The highest BCUT2D eigenvalue weighted by molar-refractivity contribution is 5.73. The van der Waals surface area contributed by atoms with Crippen molar-refractivity contribution in [3.8, 4) is 0 Å². The SMILES string of the molecule is Cn1c(=O)n(CCCO)c(=O)c2c1n(C)n2Cc1ccc(F)cc1.OC1CCC1.[HH]. The molecule has 1 fully saturated rings. The Labute approximate surface area is 168 Å². The lowest BCUT2D eigenvalue weighted by Crippen LogP contribution is -2.44. The van der Waals surface area contributed by atoms with E-state index in [0.717, 1.165) is 23.0 Å². The van der Waals surface area contributed by atoms with Crippen molar-refractivity contribution in [3.63, 3.8) is 0 Å². The Bertz CT molecular complexity index is 1090. The second kappa shape index (κ2) is 8.79. The molecule has 29 heavy (non-hydrogen) atoms. The number of benzene rings is 1. The Morgan fingerprint density at radius 1 is 1.17 bits per heavy atom. The predicted octanol–water partition coefficient (Wildman–Crippen LogP) is 1.19. The Kier molecular flexibility index (Phi) is 6.39. The zero-order valence-electron chi connectivity index (χ0n) is 16.7. The third kappa shape index (κ3) is 4.20. The molecule has 160 valence electrons. The second-order valence-electron chi connectivity index (χ2n) is 7.34. The van der Waals surface area contributed by atoms with E-state index in [9.17, 15) is 14.0 Å². The molecule has 8 nitrogen and oxygen atoms in total. The minimum Gasteiger partial charge on any atom is -0.396 e. The van der Waals surface area contributed by atoms with Crippen molar-refractivity contribution in [1.29, 1.82) is 0 Å². The van der Waals surface area contributed by atoms with Crippen LogP contribution in [0.3, 0.4) is 0 Å². The third-order valence-corrected chi connectivity index (χ3v) is 5.28. The molecule has 1 aliphatic rings. The number of rotatable bonds is 5. The fourth-order valence-corrected chi connectivity index (χ4v) is 3.32. The Hall–Kier alpha value is -2.65. The summed E-state index contributed by atoms with van der Waals surface area (Å²) in [5, 5.41) is 17.4. The van der Waals surface area contributed by atoms with Gasteiger partial charge in [0.1, 0.15) is 5.82 Å². The van der Waals surface area contributed by atoms with Crippen molar-refractivity contribution in [3.05, 3.63) is 56.5 Å². The zero-order valence-corrected chi connectivity index (χ0v) is 16.7. The van der Waals surface area contributed by atoms with E-state index >= 15 is 0 Å². The highest BCUT2D eigenvalue weighted by Crippen LogP contribution is 2.17. The fraction of sp³-hybridized carbons (Fsp3) is 0.500. The van der Waals surface area contributed by atoms with E-state index in [0.29, 0.717) is 24.1 Å². The molecule has 1 aromatic carbocycles. The molecule has 2 aromatic heterocycles. The van der Waals surface area contributed by atoms with E-state index < -0.39 is 5.69 Å². The molecule has 4 rings (SSSR count). The third-order valence-electron chi connectivity index (χ3n) is 5.28. The first kappa shape index (κ1) is 21.1. The summed E-state index contributed by atoms with van der Waals surface area (Å²) in [7, 11) is 3.38. The summed E-state index contributed by atoms with van der Waals surface area (Å²) in [5.41, 5.74) is 1.06. The number of hydrogen-bond acceptors (Lipinski definition) is 4. The van der Waals surface area contributed by atoms with Gasteiger partial charge in [0.05, 0.1) is 12.6 Å². The van der Waals surface area contributed by atoms with Gasteiger partial charge in [0, 0.05) is 28.7 Å². The molecule has 0 atom stereocenters. The summed E-state index contributed by atoms with van der Waals surface area (Å²) >= 11 is 0. The van der Waals surface area contributed by atoms with Crippen LogP contribution in [0.15, 0.2) is 33.9 Å². The van der Waals surface area contributed by atoms with Gasteiger partial charge < -0.3 is 10.2 Å². The Morgan fingerprint density at radius 2 is 1.79 bits per heavy atom. The molecule has 1 aliphatic carbocycles. The largest absolute Gasteiger partial charge is 0.396 e. The molecule has 0 aliphatic heterocycles. The molecule has 0 bridgehead atoms. The molecule has 0 saturated heterocycles. The van der Waals surface area contributed by atoms with Crippen molar-refractivity contribution in [1.82, 2.24) is 18.5 Å². The van der Waals surface area contributed by atoms with Crippen LogP contribution >= 0.6 is 0 Å². The lowest BCUT2D eigenvalue weighted by molar-refractivity contribution is 0.0950. The van der Waals surface area contributed by atoms with Crippen LogP contribution in [0.2, 0.25) is 0 Å². The number of nitrogens with zero attached hydrogens (tertiary/aromatic N) is 4. The molecule has 2 heterocycles. The maximum Gasteiger partial charge on any atom is 0.332 e. The van der Waals surface area contributed by atoms with Gasteiger partial charge in [0.25, 0.3) is 5.56 Å². The van der Waals surface area contributed by atoms with Crippen LogP contribution in [0.25, 0.3) is 11.2 Å². The molecule has 2 N–H and O–H groups in total. The molecule has 0 spiro atoms. The van der Waals surface area contributed by atoms with Crippen LogP contribution in [0.4, 0.5) is 4.39 Å². The molecule has 0 unspecified atom stereocenters. The lowest BCUT2D eigenvalue weighted by Gasteiger charge is -2.25. The zero-order chi connectivity index (χ0) is 21.1. The van der Waals surface area contributed by atoms with Crippen molar-refractivity contribution in [2.24, 2.45) is 14.1 Å². The van der Waals surface area contributed by atoms with Crippen LogP contribution in [-0.4, -0.2) is 41.4 Å². The summed E-state index contributed by atoms with van der Waals surface area (Å²) in [5.74, 6) is -0.315. The smallest absolute Gasteiger partial charge is 0.332 e. The molecule has 1 saturated carbocycles. The maximum absolute atomic E-state index is 13.0. The number of fused-ring (bicyclic) bond motifs is 1. The monoisotopic (exact) mass is 408 g/mol. The van der Waals surface area contributed by atoms with E-state index in [1.165, 1.54) is 23.1 Å². The standard InChI is InChI=1S/C16H19FN4O3.C4H8O.H2/c1-18-14-13(15(23)20(16(18)24)8-3-9-22)21(19(14)2)10-11-4-6-12(17)7-5-11;5-4-2-1-3-4;/h4-7,22H,3,8-10H2,1-2H3;4-5H,1-3H2;1H. The van der Waals surface area contributed by atoms with Gasteiger partial charge in [-0.05, 0) is 43.4 Å². The summed E-state index contributed by atoms with van der Waals surface area (Å²) in [6.07, 6.45) is 3.72. The first-order chi connectivity index (χ1) is 13.8. The van der Waals surface area contributed by atoms with Crippen LogP contribution < -0.4 is 11.2 Å². The van der Waals surface area contributed by atoms with Crippen molar-refractivity contribution < 1.29 is 16.0 Å². The van der Waals surface area contributed by atoms with Gasteiger partial charge in [0.15, 0.2) is 11.2 Å². The summed E-state index contributed by atoms with van der Waals surface area (Å²) in [4.78, 5) is 25.0. The average Bonchev–Trinajstić information content (AvgIpc) is 2.68. The number of aromatic nitrogens is 4. The molecular weight excluding hydrogens is 379 g/mol. The van der Waals surface area contributed by atoms with Gasteiger partial charge in [-0.1, -0.05) is 12.1 Å². The number of aliphatic hydroxyl groups is 2. The van der Waals surface area contributed by atoms with Gasteiger partial charge in [-0.15, -0.1) is 0 Å². The highest BCUT2D eigenvalue weighted by Gasteiger charge is 2.21. The summed E-state index contributed by atoms with van der Waals surface area (Å²) in [6, 6.07) is 6.06. The minimum absolute atomic E-state index is 0. The van der Waals surface area contributed by atoms with Crippen molar-refractivity contribution >= 4 is 11.2 Å². The van der Waals surface area contributed by atoms with E-state index in [-0.39, 0.29) is 32.1 Å². The minimum atomic E-state index is -0.402. The second-order valence-corrected chi connectivity index (χ2v) is 7.34. The Morgan fingerprint density at radius 3 is 2.31 bits per heavy atom. The van der Waals surface area contributed by atoms with Crippen molar-refractivity contribution in [2.75, 3.05) is 6.61 Å². The van der Waals surface area contributed by atoms with Crippen LogP contribution in [0.1, 0.15) is 32.7 Å². The quantitative estimate of drug-likeness (QED) is 0.663. The number of aliphatic hydroxyl groups excluding tert-OH is 2. The van der Waals surface area contributed by atoms with Crippen LogP contribution in [-0.2, 0) is 27.2 Å². The number of aryl methyl sites for hydroxylation is 2. The number of halogens is 1. The first-order valence-electron chi connectivity index (χ1n) is 9.73. The molecular formula is C20H29FN4O4. The van der Waals surface area contributed by atoms with Crippen LogP contribution in [0, 0.1) is 5.82 Å². The lowest BCUT2D eigenvalue weighted by atomic mass is 9.97. The van der Waals surface area contributed by atoms with Crippen LogP contribution in [0.5, 0.6) is 0 Å². The fourth-order valence-electron chi connectivity index (χ4n) is 3.32. The molecule has 0 radical (unpaired) electrons. The van der Waals surface area contributed by atoms with E-state index in [4.69, 9.17) is 10.2 Å². The van der Waals surface area contributed by atoms with E-state index in [2.05, 4.69) is 0 Å². The first-order valence-corrected chi connectivity index (χ1v) is 9.73. The normalized spacial score (nSPS) is 14.0. The average molecular weight is 408 g/mol. The summed E-state index contributed by atoms with van der Waals surface area (Å²) in [6.45, 7) is 0.479. The maximum atomic E-state index is 13.0. The van der Waals surface area contributed by atoms with Gasteiger partial charge in [-0.25, -0.2) is 9.18 Å². The highest BCUT2D eigenvalue weighted by atomic mass is 19.1. The van der Waals surface area contributed by atoms with Gasteiger partial charge >= 0.3 is 5.69 Å².